The third-order valence-corrected chi connectivity index (χ3v) is 2.32. The van der Waals surface area contributed by atoms with Crippen LogP contribution in [0.2, 0.25) is 0 Å². The molecule has 1 unspecified atom stereocenters. The van der Waals surface area contributed by atoms with E-state index < -0.39 is 0 Å². The lowest BCUT2D eigenvalue weighted by atomic mass is 10.2. The van der Waals surface area contributed by atoms with Crippen LogP contribution in [0, 0.1) is 0 Å². The van der Waals surface area contributed by atoms with Gasteiger partial charge < -0.3 is 10.4 Å². The van der Waals surface area contributed by atoms with Gasteiger partial charge in [-0.15, -0.1) is 0 Å². The van der Waals surface area contributed by atoms with Crippen LogP contribution in [-0.2, 0) is 7.05 Å². The maximum Gasteiger partial charge on any atom is 0.0627 e. The van der Waals surface area contributed by atoms with Gasteiger partial charge in [0.1, 0.15) is 0 Å². The Labute approximate surface area is 77.6 Å². The second kappa shape index (κ2) is 3.47. The van der Waals surface area contributed by atoms with Gasteiger partial charge >= 0.3 is 0 Å². The monoisotopic (exact) mass is 181 g/mol. The molecule has 1 aliphatic carbocycles. The molecule has 0 radical (unpaired) electrons. The van der Waals surface area contributed by atoms with Gasteiger partial charge in [0.2, 0.25) is 0 Å². The first-order valence-corrected chi connectivity index (χ1v) is 4.65. The van der Waals surface area contributed by atoms with E-state index in [1.165, 1.54) is 12.8 Å². The number of hydrogen-bond acceptors (Lipinski definition) is 3. The Morgan fingerprint density at radius 2 is 2.54 bits per heavy atom. The molecule has 72 valence electrons. The quantitative estimate of drug-likeness (QED) is 0.698. The molecule has 2 rings (SSSR count). The third-order valence-electron chi connectivity index (χ3n) is 2.32. The zero-order valence-corrected chi connectivity index (χ0v) is 7.77. The highest BCUT2D eigenvalue weighted by Crippen LogP contribution is 2.23. The number of rotatable bonds is 4. The predicted octanol–water partition coefficient (Wildman–Crippen LogP) is 0.205. The highest BCUT2D eigenvalue weighted by atomic mass is 16.3. The van der Waals surface area contributed by atoms with Gasteiger partial charge in [-0.05, 0) is 12.8 Å². The van der Waals surface area contributed by atoms with Crippen LogP contribution in [0.3, 0.4) is 0 Å². The van der Waals surface area contributed by atoms with E-state index in [0.29, 0.717) is 6.04 Å². The fourth-order valence-electron chi connectivity index (χ4n) is 1.41. The summed E-state index contributed by atoms with van der Waals surface area (Å²) >= 11 is 0. The van der Waals surface area contributed by atoms with Gasteiger partial charge in [-0.25, -0.2) is 0 Å². The number of aryl methyl sites for hydroxylation is 1. The van der Waals surface area contributed by atoms with E-state index in [1.807, 2.05) is 13.2 Å². The summed E-state index contributed by atoms with van der Waals surface area (Å²) in [7, 11) is 1.88. The van der Waals surface area contributed by atoms with Gasteiger partial charge in [-0.1, -0.05) is 0 Å². The van der Waals surface area contributed by atoms with Crippen LogP contribution in [-0.4, -0.2) is 27.5 Å². The predicted molar refractivity (Wildman–Crippen MR) is 49.2 cm³/mol. The minimum Gasteiger partial charge on any atom is -0.394 e. The second-order valence-corrected chi connectivity index (χ2v) is 3.62. The maximum atomic E-state index is 9.17. The average Bonchev–Trinajstić information content (AvgIpc) is 2.84. The summed E-state index contributed by atoms with van der Waals surface area (Å²) in [6.07, 6.45) is 6.21. The number of aliphatic hydroxyl groups excluding tert-OH is 1. The molecule has 1 atom stereocenters. The van der Waals surface area contributed by atoms with Crippen molar-refractivity contribution in [1.82, 2.24) is 15.1 Å². The van der Waals surface area contributed by atoms with Crippen LogP contribution in [0.1, 0.15) is 24.4 Å². The van der Waals surface area contributed by atoms with E-state index in [9.17, 15) is 0 Å². The Kier molecular flexibility index (Phi) is 2.33. The van der Waals surface area contributed by atoms with Gasteiger partial charge in [0.25, 0.3) is 0 Å². The van der Waals surface area contributed by atoms with E-state index in [0.717, 1.165) is 5.56 Å². The molecule has 0 bridgehead atoms. The number of aromatic nitrogens is 2. The minimum atomic E-state index is 0.0567. The van der Waals surface area contributed by atoms with Crippen LogP contribution < -0.4 is 5.32 Å². The molecule has 2 N–H and O–H groups in total. The van der Waals surface area contributed by atoms with Crippen molar-refractivity contribution in [2.45, 2.75) is 24.9 Å². The Balaban J connectivity index is 2.01. The zero-order valence-electron chi connectivity index (χ0n) is 7.77. The number of nitrogens with one attached hydrogen (secondary N) is 1. The molecule has 0 spiro atoms. The molecule has 1 aromatic heterocycles. The van der Waals surface area contributed by atoms with E-state index in [4.69, 9.17) is 5.11 Å². The largest absolute Gasteiger partial charge is 0.394 e. The standard InChI is InChI=1S/C9H15N3O/c1-12-5-7(4-10-12)9(6-13)11-8-2-3-8/h4-5,8-9,11,13H,2-3,6H2,1H3. The molecule has 0 saturated heterocycles. The normalized spacial score (nSPS) is 18.9. The summed E-state index contributed by atoms with van der Waals surface area (Å²) in [5.74, 6) is 0. The fourth-order valence-corrected chi connectivity index (χ4v) is 1.41. The number of nitrogens with zero attached hydrogens (tertiary/aromatic N) is 2. The molecule has 1 aromatic rings. The highest BCUT2D eigenvalue weighted by molar-refractivity contribution is 5.11. The van der Waals surface area contributed by atoms with Gasteiger partial charge in [0.15, 0.2) is 0 Å². The zero-order chi connectivity index (χ0) is 9.26. The van der Waals surface area contributed by atoms with Crippen molar-refractivity contribution in [2.24, 2.45) is 7.05 Å². The molecule has 4 heteroatoms. The molecule has 1 aliphatic rings. The second-order valence-electron chi connectivity index (χ2n) is 3.62. The molecule has 0 aromatic carbocycles. The SMILES string of the molecule is Cn1cc(C(CO)NC2CC2)cn1. The lowest BCUT2D eigenvalue weighted by Crippen LogP contribution is -2.25. The van der Waals surface area contributed by atoms with Crippen LogP contribution in [0.4, 0.5) is 0 Å². The minimum absolute atomic E-state index is 0.0567. The van der Waals surface area contributed by atoms with Crippen molar-refractivity contribution in [1.29, 1.82) is 0 Å². The summed E-state index contributed by atoms with van der Waals surface area (Å²) < 4.78 is 1.76. The highest BCUT2D eigenvalue weighted by Gasteiger charge is 2.25. The van der Waals surface area contributed by atoms with Crippen molar-refractivity contribution in [3.8, 4) is 0 Å². The lowest BCUT2D eigenvalue weighted by molar-refractivity contribution is 0.243. The van der Waals surface area contributed by atoms with E-state index >= 15 is 0 Å². The molecular weight excluding hydrogens is 166 g/mol. The van der Waals surface area contributed by atoms with E-state index in [1.54, 1.807) is 10.9 Å². The Bertz CT molecular complexity index is 280. The van der Waals surface area contributed by atoms with Gasteiger partial charge in [0.05, 0.1) is 18.8 Å². The van der Waals surface area contributed by atoms with E-state index in [-0.39, 0.29) is 12.6 Å². The third kappa shape index (κ3) is 2.08. The van der Waals surface area contributed by atoms with Crippen molar-refractivity contribution in [3.63, 3.8) is 0 Å². The maximum absolute atomic E-state index is 9.17. The average molecular weight is 181 g/mol. The molecule has 1 fully saturated rings. The van der Waals surface area contributed by atoms with Crippen LogP contribution in [0.25, 0.3) is 0 Å². The van der Waals surface area contributed by atoms with Gasteiger partial charge in [-0.3, -0.25) is 4.68 Å². The summed E-state index contributed by atoms with van der Waals surface area (Å²) in [5, 5.41) is 16.6. The molecule has 1 heterocycles. The molecule has 13 heavy (non-hydrogen) atoms. The molecule has 4 nitrogen and oxygen atoms in total. The van der Waals surface area contributed by atoms with Crippen molar-refractivity contribution < 1.29 is 5.11 Å². The molecular formula is C9H15N3O. The van der Waals surface area contributed by atoms with Crippen molar-refractivity contribution in [3.05, 3.63) is 18.0 Å². The lowest BCUT2D eigenvalue weighted by Gasteiger charge is -2.13. The smallest absolute Gasteiger partial charge is 0.0627 e. The van der Waals surface area contributed by atoms with Crippen molar-refractivity contribution in [2.75, 3.05) is 6.61 Å². The summed E-state index contributed by atoms with van der Waals surface area (Å²) in [6.45, 7) is 0.141. The fraction of sp³-hybridized carbons (Fsp3) is 0.667. The van der Waals surface area contributed by atoms with E-state index in [2.05, 4.69) is 10.4 Å². The first-order chi connectivity index (χ1) is 6.29. The molecule has 0 amide bonds. The topological polar surface area (TPSA) is 50.1 Å². The Morgan fingerprint density at radius 1 is 1.77 bits per heavy atom. The molecule has 0 aliphatic heterocycles. The van der Waals surface area contributed by atoms with Crippen molar-refractivity contribution >= 4 is 0 Å². The Hall–Kier alpha value is -0.870. The summed E-state index contributed by atoms with van der Waals surface area (Å²) in [6, 6.07) is 0.665. The molecule has 1 saturated carbocycles. The number of aliphatic hydroxyl groups is 1. The van der Waals surface area contributed by atoms with Gasteiger partial charge in [-0.2, -0.15) is 5.10 Å². The number of hydrogen-bond donors (Lipinski definition) is 2. The first kappa shape index (κ1) is 8.72. The van der Waals surface area contributed by atoms with Crippen LogP contribution in [0.15, 0.2) is 12.4 Å². The first-order valence-electron chi connectivity index (χ1n) is 4.65. The summed E-state index contributed by atoms with van der Waals surface area (Å²) in [5.41, 5.74) is 1.07. The Morgan fingerprint density at radius 3 is 3.00 bits per heavy atom. The van der Waals surface area contributed by atoms with Crippen LogP contribution in [0.5, 0.6) is 0 Å². The van der Waals surface area contributed by atoms with Gasteiger partial charge in [0, 0.05) is 24.8 Å². The summed E-state index contributed by atoms with van der Waals surface area (Å²) in [4.78, 5) is 0. The van der Waals surface area contributed by atoms with Crippen LogP contribution >= 0.6 is 0 Å².